The lowest BCUT2D eigenvalue weighted by Crippen LogP contribution is -2.33. The van der Waals surface area contributed by atoms with Crippen LogP contribution in [0.3, 0.4) is 0 Å². The molecule has 1 aromatic carbocycles. The summed E-state index contributed by atoms with van der Waals surface area (Å²) in [6.07, 6.45) is 3.87. The van der Waals surface area contributed by atoms with E-state index < -0.39 is 0 Å². The van der Waals surface area contributed by atoms with E-state index in [0.29, 0.717) is 17.7 Å². The number of carbonyl (C=O) groups is 1. The third-order valence-corrected chi connectivity index (χ3v) is 5.14. The fourth-order valence-electron chi connectivity index (χ4n) is 3.66. The standard InChI is InChI=1S/C18H23N5O2/c1-22-12-19-17(21-22)13-2-4-16(5-3-13)20-18(24)23-8-6-14(10-23)15-7-9-25-11-15/h2-5,12,14-15H,6-11H2,1H3,(H,20,24). The lowest BCUT2D eigenvalue weighted by molar-refractivity contribution is 0.171. The number of nitrogens with zero attached hydrogens (tertiary/aromatic N) is 4. The molecule has 7 nitrogen and oxygen atoms in total. The average molecular weight is 341 g/mol. The largest absolute Gasteiger partial charge is 0.381 e. The van der Waals surface area contributed by atoms with E-state index in [1.54, 1.807) is 11.0 Å². The number of aryl methyl sites for hydroxylation is 1. The Morgan fingerprint density at radius 3 is 2.76 bits per heavy atom. The minimum atomic E-state index is -0.0230. The van der Waals surface area contributed by atoms with Gasteiger partial charge in [-0.2, -0.15) is 5.10 Å². The molecule has 1 aromatic heterocycles. The number of aromatic nitrogens is 3. The van der Waals surface area contributed by atoms with Crippen LogP contribution in [0.5, 0.6) is 0 Å². The molecular formula is C18H23N5O2. The van der Waals surface area contributed by atoms with Crippen LogP contribution >= 0.6 is 0 Å². The summed E-state index contributed by atoms with van der Waals surface area (Å²) in [5, 5.41) is 7.27. The smallest absolute Gasteiger partial charge is 0.321 e. The molecule has 2 aliphatic rings. The number of rotatable bonds is 3. The van der Waals surface area contributed by atoms with Crippen molar-refractivity contribution in [2.75, 3.05) is 31.6 Å². The average Bonchev–Trinajstić information content (AvgIpc) is 3.36. The molecule has 2 unspecified atom stereocenters. The van der Waals surface area contributed by atoms with Gasteiger partial charge in [-0.3, -0.25) is 4.68 Å². The predicted molar refractivity (Wildman–Crippen MR) is 94.1 cm³/mol. The zero-order valence-corrected chi connectivity index (χ0v) is 14.4. The Bertz CT molecular complexity index is 736. The maximum atomic E-state index is 12.5. The molecule has 0 radical (unpaired) electrons. The number of hydrogen-bond donors (Lipinski definition) is 1. The first-order valence-corrected chi connectivity index (χ1v) is 8.79. The number of anilines is 1. The monoisotopic (exact) mass is 341 g/mol. The van der Waals surface area contributed by atoms with Gasteiger partial charge in [0.2, 0.25) is 0 Å². The first-order valence-electron chi connectivity index (χ1n) is 8.79. The normalized spacial score (nSPS) is 23.2. The van der Waals surface area contributed by atoms with Gasteiger partial charge in [-0.15, -0.1) is 0 Å². The Hall–Kier alpha value is -2.41. The van der Waals surface area contributed by atoms with E-state index in [2.05, 4.69) is 15.4 Å². The van der Waals surface area contributed by atoms with Crippen molar-refractivity contribution in [1.82, 2.24) is 19.7 Å². The van der Waals surface area contributed by atoms with Crippen molar-refractivity contribution < 1.29 is 9.53 Å². The van der Waals surface area contributed by atoms with Crippen LogP contribution in [-0.2, 0) is 11.8 Å². The van der Waals surface area contributed by atoms with Gasteiger partial charge in [0.25, 0.3) is 0 Å². The Kier molecular flexibility index (Phi) is 4.40. The molecule has 7 heteroatoms. The number of hydrogen-bond acceptors (Lipinski definition) is 4. The van der Waals surface area contributed by atoms with Crippen molar-refractivity contribution in [1.29, 1.82) is 0 Å². The van der Waals surface area contributed by atoms with Crippen LogP contribution in [0.15, 0.2) is 30.6 Å². The van der Waals surface area contributed by atoms with Crippen LogP contribution in [0.2, 0.25) is 0 Å². The number of urea groups is 1. The predicted octanol–water partition coefficient (Wildman–Crippen LogP) is 2.37. The molecule has 2 amide bonds. The van der Waals surface area contributed by atoms with E-state index in [-0.39, 0.29) is 6.03 Å². The van der Waals surface area contributed by atoms with Gasteiger partial charge in [-0.25, -0.2) is 9.78 Å². The van der Waals surface area contributed by atoms with E-state index in [9.17, 15) is 4.79 Å². The molecule has 0 spiro atoms. The van der Waals surface area contributed by atoms with Crippen LogP contribution in [0, 0.1) is 11.8 Å². The molecular weight excluding hydrogens is 318 g/mol. The summed E-state index contributed by atoms with van der Waals surface area (Å²) < 4.78 is 7.15. The highest BCUT2D eigenvalue weighted by Crippen LogP contribution is 2.30. The fourth-order valence-corrected chi connectivity index (χ4v) is 3.66. The highest BCUT2D eigenvalue weighted by Gasteiger charge is 2.33. The molecule has 132 valence electrons. The quantitative estimate of drug-likeness (QED) is 0.930. The molecule has 3 heterocycles. The fraction of sp³-hybridized carbons (Fsp3) is 0.500. The second-order valence-corrected chi connectivity index (χ2v) is 6.87. The topological polar surface area (TPSA) is 72.3 Å². The van der Waals surface area contributed by atoms with E-state index in [1.807, 2.05) is 36.2 Å². The number of likely N-dealkylation sites (tertiary alicyclic amines) is 1. The van der Waals surface area contributed by atoms with Crippen molar-refractivity contribution in [3.05, 3.63) is 30.6 Å². The van der Waals surface area contributed by atoms with Crippen molar-refractivity contribution in [2.24, 2.45) is 18.9 Å². The lowest BCUT2D eigenvalue weighted by Gasteiger charge is -2.19. The summed E-state index contributed by atoms with van der Waals surface area (Å²) in [5.74, 6) is 1.87. The van der Waals surface area contributed by atoms with Crippen molar-refractivity contribution in [3.63, 3.8) is 0 Å². The number of carbonyl (C=O) groups excluding carboxylic acids is 1. The highest BCUT2D eigenvalue weighted by molar-refractivity contribution is 5.89. The van der Waals surface area contributed by atoms with Gasteiger partial charge in [0, 0.05) is 44.6 Å². The van der Waals surface area contributed by atoms with Crippen molar-refractivity contribution in [3.8, 4) is 11.4 Å². The van der Waals surface area contributed by atoms with Gasteiger partial charge in [-0.05, 0) is 48.9 Å². The molecule has 0 bridgehead atoms. The number of amides is 2. The van der Waals surface area contributed by atoms with E-state index in [0.717, 1.165) is 50.4 Å². The summed E-state index contributed by atoms with van der Waals surface area (Å²) in [6, 6.07) is 7.61. The van der Waals surface area contributed by atoms with Gasteiger partial charge in [0.05, 0.1) is 0 Å². The second kappa shape index (κ2) is 6.84. The summed E-state index contributed by atoms with van der Waals surface area (Å²) in [6.45, 7) is 3.37. The molecule has 2 aliphatic heterocycles. The number of ether oxygens (including phenoxy) is 1. The third-order valence-electron chi connectivity index (χ3n) is 5.14. The molecule has 4 rings (SSSR count). The number of nitrogens with one attached hydrogen (secondary N) is 1. The summed E-state index contributed by atoms with van der Waals surface area (Å²) in [4.78, 5) is 18.6. The van der Waals surface area contributed by atoms with E-state index >= 15 is 0 Å². The van der Waals surface area contributed by atoms with Crippen molar-refractivity contribution in [2.45, 2.75) is 12.8 Å². The molecule has 0 saturated carbocycles. The Balaban J connectivity index is 1.35. The van der Waals surface area contributed by atoms with Gasteiger partial charge in [0.15, 0.2) is 5.82 Å². The minimum absolute atomic E-state index is 0.0230. The highest BCUT2D eigenvalue weighted by atomic mass is 16.5. The zero-order valence-electron chi connectivity index (χ0n) is 14.4. The maximum Gasteiger partial charge on any atom is 0.321 e. The van der Waals surface area contributed by atoms with Crippen LogP contribution in [0.4, 0.5) is 10.5 Å². The Labute approximate surface area is 147 Å². The zero-order chi connectivity index (χ0) is 17.2. The van der Waals surface area contributed by atoms with E-state index in [4.69, 9.17) is 4.74 Å². The molecule has 25 heavy (non-hydrogen) atoms. The van der Waals surface area contributed by atoms with Crippen LogP contribution in [-0.4, -0.2) is 52.0 Å². The summed E-state index contributed by atoms with van der Waals surface area (Å²) in [5.41, 5.74) is 1.72. The Morgan fingerprint density at radius 2 is 2.08 bits per heavy atom. The molecule has 2 saturated heterocycles. The Morgan fingerprint density at radius 1 is 1.24 bits per heavy atom. The molecule has 0 aliphatic carbocycles. The van der Waals surface area contributed by atoms with Gasteiger partial charge in [-0.1, -0.05) is 0 Å². The maximum absolute atomic E-state index is 12.5. The van der Waals surface area contributed by atoms with Crippen LogP contribution in [0.25, 0.3) is 11.4 Å². The molecule has 2 atom stereocenters. The van der Waals surface area contributed by atoms with Gasteiger partial charge in [0.1, 0.15) is 6.33 Å². The lowest BCUT2D eigenvalue weighted by atomic mass is 9.91. The number of benzene rings is 1. The van der Waals surface area contributed by atoms with E-state index in [1.165, 1.54) is 0 Å². The van der Waals surface area contributed by atoms with Gasteiger partial charge >= 0.3 is 6.03 Å². The van der Waals surface area contributed by atoms with Gasteiger partial charge < -0.3 is 15.0 Å². The molecule has 2 fully saturated rings. The van der Waals surface area contributed by atoms with Crippen molar-refractivity contribution >= 4 is 11.7 Å². The third kappa shape index (κ3) is 3.51. The second-order valence-electron chi connectivity index (χ2n) is 6.87. The molecule has 1 N–H and O–H groups in total. The first-order chi connectivity index (χ1) is 12.2. The summed E-state index contributed by atoms with van der Waals surface area (Å²) >= 11 is 0. The van der Waals surface area contributed by atoms with Crippen LogP contribution in [0.1, 0.15) is 12.8 Å². The minimum Gasteiger partial charge on any atom is -0.381 e. The summed E-state index contributed by atoms with van der Waals surface area (Å²) in [7, 11) is 1.84. The van der Waals surface area contributed by atoms with Crippen LogP contribution < -0.4 is 5.32 Å². The molecule has 2 aromatic rings. The SMILES string of the molecule is Cn1cnc(-c2ccc(NC(=O)N3CCC(C4CCOC4)C3)cc2)n1. The first kappa shape index (κ1) is 16.1.